The predicted molar refractivity (Wildman–Crippen MR) is 67.5 cm³/mol. The first-order chi connectivity index (χ1) is 9.74. The minimum Gasteiger partial charge on any atom is -0.406 e. The number of nitrogens with zero attached hydrogens (tertiary/aromatic N) is 1. The first-order valence-corrected chi connectivity index (χ1v) is 6.17. The molecular formula is C13H13F3N2O3. The monoisotopic (exact) mass is 302 g/mol. The highest BCUT2D eigenvalue weighted by molar-refractivity contribution is 5.94. The standard InChI is InChI=1S/C13H13F3N2O3/c1-8(19)18-6-9(7-18)12(20)17-10-2-4-11(5-3-10)21-13(14,15)16/h2-5,9H,6-7H2,1H3,(H,17,20). The second-order valence-corrected chi connectivity index (χ2v) is 4.68. The number of amides is 2. The number of alkyl halides is 3. The minimum atomic E-state index is -4.74. The highest BCUT2D eigenvalue weighted by Gasteiger charge is 2.34. The zero-order chi connectivity index (χ0) is 15.6. The van der Waals surface area contributed by atoms with E-state index in [0.29, 0.717) is 18.8 Å². The van der Waals surface area contributed by atoms with Gasteiger partial charge in [0.25, 0.3) is 0 Å². The summed E-state index contributed by atoms with van der Waals surface area (Å²) in [5.74, 6) is -1.00. The molecule has 0 radical (unpaired) electrons. The van der Waals surface area contributed by atoms with E-state index in [9.17, 15) is 22.8 Å². The molecule has 1 aromatic carbocycles. The van der Waals surface area contributed by atoms with Gasteiger partial charge in [0.05, 0.1) is 5.92 Å². The van der Waals surface area contributed by atoms with E-state index < -0.39 is 6.36 Å². The number of anilines is 1. The Hall–Kier alpha value is -2.25. The second-order valence-electron chi connectivity index (χ2n) is 4.68. The number of rotatable bonds is 3. The van der Waals surface area contributed by atoms with Gasteiger partial charge in [-0.3, -0.25) is 9.59 Å². The average molecular weight is 302 g/mol. The lowest BCUT2D eigenvalue weighted by atomic mass is 9.99. The maximum atomic E-state index is 12.0. The molecule has 2 amide bonds. The molecule has 0 bridgehead atoms. The zero-order valence-electron chi connectivity index (χ0n) is 11.1. The molecular weight excluding hydrogens is 289 g/mol. The lowest BCUT2D eigenvalue weighted by Gasteiger charge is -2.37. The van der Waals surface area contributed by atoms with Gasteiger partial charge in [0.1, 0.15) is 5.75 Å². The van der Waals surface area contributed by atoms with Crippen molar-refractivity contribution in [2.24, 2.45) is 5.92 Å². The van der Waals surface area contributed by atoms with E-state index in [2.05, 4.69) is 10.1 Å². The van der Waals surface area contributed by atoms with E-state index in [0.717, 1.165) is 12.1 Å². The van der Waals surface area contributed by atoms with Crippen molar-refractivity contribution in [3.05, 3.63) is 24.3 Å². The Morgan fingerprint density at radius 3 is 2.29 bits per heavy atom. The van der Waals surface area contributed by atoms with Gasteiger partial charge in [0.15, 0.2) is 0 Å². The number of carbonyl (C=O) groups excluding carboxylic acids is 2. The Kier molecular flexibility index (Phi) is 4.06. The molecule has 1 aliphatic rings. The molecule has 114 valence electrons. The third-order valence-corrected chi connectivity index (χ3v) is 3.05. The molecule has 0 unspecified atom stereocenters. The van der Waals surface area contributed by atoms with Crippen molar-refractivity contribution in [2.75, 3.05) is 18.4 Å². The maximum absolute atomic E-state index is 12.0. The lowest BCUT2D eigenvalue weighted by Crippen LogP contribution is -2.53. The molecule has 8 heteroatoms. The number of hydrogen-bond acceptors (Lipinski definition) is 3. The minimum absolute atomic E-state index is 0.0901. The first kappa shape index (κ1) is 15.1. The Bertz CT molecular complexity index is 537. The fourth-order valence-corrected chi connectivity index (χ4v) is 1.89. The Morgan fingerprint density at radius 1 is 1.24 bits per heavy atom. The van der Waals surface area contributed by atoms with Crippen LogP contribution in [0.1, 0.15) is 6.92 Å². The van der Waals surface area contributed by atoms with Crippen molar-refractivity contribution in [3.8, 4) is 5.75 Å². The largest absolute Gasteiger partial charge is 0.573 e. The SMILES string of the molecule is CC(=O)N1CC(C(=O)Nc2ccc(OC(F)(F)F)cc2)C1. The van der Waals surface area contributed by atoms with Gasteiger partial charge in [0.2, 0.25) is 11.8 Å². The Labute approximate surface area is 118 Å². The van der Waals surface area contributed by atoms with Gasteiger partial charge >= 0.3 is 6.36 Å². The van der Waals surface area contributed by atoms with Crippen molar-refractivity contribution < 1.29 is 27.5 Å². The quantitative estimate of drug-likeness (QED) is 0.929. The molecule has 2 rings (SSSR count). The molecule has 1 aromatic rings. The summed E-state index contributed by atoms with van der Waals surface area (Å²) in [5, 5.41) is 2.58. The van der Waals surface area contributed by atoms with Gasteiger partial charge in [-0.2, -0.15) is 0 Å². The number of hydrogen-bond donors (Lipinski definition) is 1. The number of nitrogens with one attached hydrogen (secondary N) is 1. The van der Waals surface area contributed by atoms with Crippen molar-refractivity contribution in [3.63, 3.8) is 0 Å². The van der Waals surface area contributed by atoms with Crippen LogP contribution in [-0.2, 0) is 9.59 Å². The summed E-state index contributed by atoms with van der Waals surface area (Å²) < 4.78 is 39.7. The van der Waals surface area contributed by atoms with Crippen LogP contribution >= 0.6 is 0 Å². The number of likely N-dealkylation sites (tertiary alicyclic amines) is 1. The van der Waals surface area contributed by atoms with Gasteiger partial charge in [-0.1, -0.05) is 0 Å². The van der Waals surface area contributed by atoms with E-state index in [-0.39, 0.29) is 23.5 Å². The van der Waals surface area contributed by atoms with E-state index in [4.69, 9.17) is 0 Å². The number of halogens is 3. The van der Waals surface area contributed by atoms with E-state index >= 15 is 0 Å². The van der Waals surface area contributed by atoms with Crippen molar-refractivity contribution in [1.82, 2.24) is 4.90 Å². The summed E-state index contributed by atoms with van der Waals surface area (Å²) in [7, 11) is 0. The smallest absolute Gasteiger partial charge is 0.406 e. The number of carbonyl (C=O) groups is 2. The lowest BCUT2D eigenvalue weighted by molar-refractivity contribution is -0.274. The second kappa shape index (κ2) is 5.63. The Balaban J connectivity index is 1.86. The molecule has 21 heavy (non-hydrogen) atoms. The van der Waals surface area contributed by atoms with Crippen LogP contribution in [-0.4, -0.2) is 36.2 Å². The molecule has 0 spiro atoms. The summed E-state index contributed by atoms with van der Waals surface area (Å²) in [6.45, 7) is 2.14. The molecule has 0 saturated carbocycles. The molecule has 1 aliphatic heterocycles. The first-order valence-electron chi connectivity index (χ1n) is 6.17. The normalized spacial score (nSPS) is 15.3. The van der Waals surface area contributed by atoms with E-state index in [1.165, 1.54) is 24.0 Å². The third kappa shape index (κ3) is 4.11. The number of benzene rings is 1. The summed E-state index contributed by atoms with van der Waals surface area (Å²) in [6.07, 6.45) is -4.74. The fraction of sp³-hybridized carbons (Fsp3) is 0.385. The van der Waals surface area contributed by atoms with Crippen LogP contribution in [0.4, 0.5) is 18.9 Å². The van der Waals surface area contributed by atoms with E-state index in [1.807, 2.05) is 0 Å². The molecule has 1 N–H and O–H groups in total. The van der Waals surface area contributed by atoms with Crippen LogP contribution in [0.3, 0.4) is 0 Å². The average Bonchev–Trinajstić information content (AvgIpc) is 2.27. The maximum Gasteiger partial charge on any atom is 0.573 e. The van der Waals surface area contributed by atoms with E-state index in [1.54, 1.807) is 0 Å². The zero-order valence-corrected chi connectivity index (χ0v) is 11.1. The summed E-state index contributed by atoms with van der Waals surface area (Å²) >= 11 is 0. The number of ether oxygens (including phenoxy) is 1. The van der Waals surface area contributed by atoms with Crippen LogP contribution < -0.4 is 10.1 Å². The van der Waals surface area contributed by atoms with Gasteiger partial charge < -0.3 is 15.0 Å². The van der Waals surface area contributed by atoms with Gasteiger partial charge in [-0.25, -0.2) is 0 Å². The van der Waals surface area contributed by atoms with Crippen LogP contribution in [0.15, 0.2) is 24.3 Å². The Morgan fingerprint density at radius 2 is 1.81 bits per heavy atom. The molecule has 5 nitrogen and oxygen atoms in total. The van der Waals surface area contributed by atoms with Crippen molar-refractivity contribution >= 4 is 17.5 Å². The summed E-state index contributed by atoms with van der Waals surface area (Å²) in [6, 6.07) is 4.87. The van der Waals surface area contributed by atoms with Gasteiger partial charge in [-0.15, -0.1) is 13.2 Å². The van der Waals surface area contributed by atoms with Crippen molar-refractivity contribution in [2.45, 2.75) is 13.3 Å². The molecule has 0 aromatic heterocycles. The van der Waals surface area contributed by atoms with Crippen molar-refractivity contribution in [1.29, 1.82) is 0 Å². The summed E-state index contributed by atoms with van der Waals surface area (Å²) in [5.41, 5.74) is 0.371. The molecule has 1 heterocycles. The predicted octanol–water partition coefficient (Wildman–Crippen LogP) is 2.00. The summed E-state index contributed by atoms with van der Waals surface area (Å²) in [4.78, 5) is 24.3. The van der Waals surface area contributed by atoms with Crippen LogP contribution in [0, 0.1) is 5.92 Å². The fourth-order valence-electron chi connectivity index (χ4n) is 1.89. The molecule has 1 saturated heterocycles. The topological polar surface area (TPSA) is 58.6 Å². The highest BCUT2D eigenvalue weighted by atomic mass is 19.4. The highest BCUT2D eigenvalue weighted by Crippen LogP contribution is 2.24. The van der Waals surface area contributed by atoms with Crippen LogP contribution in [0.25, 0.3) is 0 Å². The van der Waals surface area contributed by atoms with Gasteiger partial charge in [-0.05, 0) is 24.3 Å². The van der Waals surface area contributed by atoms with Crippen LogP contribution in [0.2, 0.25) is 0 Å². The molecule has 1 fully saturated rings. The van der Waals surface area contributed by atoms with Gasteiger partial charge in [0, 0.05) is 25.7 Å². The van der Waals surface area contributed by atoms with Crippen LogP contribution in [0.5, 0.6) is 5.75 Å². The molecule has 0 aliphatic carbocycles. The third-order valence-electron chi connectivity index (χ3n) is 3.05. The molecule has 0 atom stereocenters.